The predicted molar refractivity (Wildman–Crippen MR) is 141 cm³/mol. The van der Waals surface area contributed by atoms with Crippen molar-refractivity contribution in [2.45, 2.75) is 38.5 Å². The summed E-state index contributed by atoms with van der Waals surface area (Å²) in [5.41, 5.74) is 2.27. The second-order valence-corrected chi connectivity index (χ2v) is 11.3. The van der Waals surface area contributed by atoms with Crippen LogP contribution in [0.25, 0.3) is 16.7 Å². The number of carbonyl (C=O) groups is 1. The van der Waals surface area contributed by atoms with E-state index in [1.54, 1.807) is 0 Å². The summed E-state index contributed by atoms with van der Waals surface area (Å²) in [6.45, 7) is 10.4. The van der Waals surface area contributed by atoms with Gasteiger partial charge in [0.15, 0.2) is 0 Å². The van der Waals surface area contributed by atoms with Gasteiger partial charge in [-0.15, -0.1) is 0 Å². The summed E-state index contributed by atoms with van der Waals surface area (Å²) in [6, 6.07) is 12.0. The summed E-state index contributed by atoms with van der Waals surface area (Å²) in [4.78, 5) is 24.3. The number of rotatable bonds is 6. The molecule has 6 heterocycles. The lowest BCUT2D eigenvalue weighted by Gasteiger charge is -2.58. The second kappa shape index (κ2) is 9.11. The minimum absolute atomic E-state index is 0.124. The average molecular weight is 502 g/mol. The summed E-state index contributed by atoms with van der Waals surface area (Å²) in [5, 5.41) is 1.05. The minimum atomic E-state index is 0.124. The number of fused-ring (bicyclic) bond motifs is 1. The molecule has 4 saturated heterocycles. The maximum absolute atomic E-state index is 12.6. The van der Waals surface area contributed by atoms with Crippen LogP contribution in [0.15, 0.2) is 48.8 Å². The van der Waals surface area contributed by atoms with Gasteiger partial charge in [-0.3, -0.25) is 14.6 Å². The molecule has 37 heavy (non-hydrogen) atoms. The topological polar surface area (TPSA) is 63.1 Å². The smallest absolute Gasteiger partial charge is 0.253 e. The molecule has 8 heteroatoms. The third kappa shape index (κ3) is 4.21. The largest absolute Gasteiger partial charge is 0.489 e. The standard InChI is InChI=1S/C29H35N5O3/c1-21(33-17-29(18-33)19-36-20-29)31-12-8-24(9-13-31)37-25-4-6-27(30-16-25)34-14-7-22-15-23(3-5-26(22)34)28(35)32-10-2-11-32/h3-7,14-16,21,24H,2,8-13,17-20H2,1H3. The van der Waals surface area contributed by atoms with Crippen molar-refractivity contribution in [3.05, 3.63) is 54.4 Å². The highest BCUT2D eigenvalue weighted by atomic mass is 16.5. The summed E-state index contributed by atoms with van der Waals surface area (Å²) in [6.07, 6.45) is 7.75. The van der Waals surface area contributed by atoms with Crippen LogP contribution in [0.2, 0.25) is 0 Å². The molecule has 4 aliphatic heterocycles. The van der Waals surface area contributed by atoms with Crippen LogP contribution in [-0.2, 0) is 4.74 Å². The molecule has 3 aromatic rings. The molecule has 4 fully saturated rings. The Kier molecular flexibility index (Phi) is 5.71. The first-order valence-corrected chi connectivity index (χ1v) is 13.7. The van der Waals surface area contributed by atoms with E-state index >= 15 is 0 Å². The van der Waals surface area contributed by atoms with Crippen LogP contribution < -0.4 is 4.74 Å². The summed E-state index contributed by atoms with van der Waals surface area (Å²) in [5.74, 6) is 1.79. The van der Waals surface area contributed by atoms with Gasteiger partial charge in [0, 0.05) is 61.8 Å². The summed E-state index contributed by atoms with van der Waals surface area (Å²) in [7, 11) is 0. The van der Waals surface area contributed by atoms with Gasteiger partial charge in [0.1, 0.15) is 17.7 Å². The van der Waals surface area contributed by atoms with Crippen molar-refractivity contribution >= 4 is 16.8 Å². The van der Waals surface area contributed by atoms with Crippen molar-refractivity contribution in [3.63, 3.8) is 0 Å². The van der Waals surface area contributed by atoms with Crippen LogP contribution in [0.4, 0.5) is 0 Å². The number of amides is 1. The Morgan fingerprint density at radius 1 is 1.05 bits per heavy atom. The first-order valence-electron chi connectivity index (χ1n) is 13.7. The van der Waals surface area contributed by atoms with E-state index in [0.717, 1.165) is 86.7 Å². The van der Waals surface area contributed by atoms with Crippen molar-refractivity contribution in [2.24, 2.45) is 5.41 Å². The molecule has 1 unspecified atom stereocenters. The van der Waals surface area contributed by atoms with Gasteiger partial charge in [0.05, 0.1) is 31.1 Å². The van der Waals surface area contributed by atoms with Crippen molar-refractivity contribution in [1.82, 2.24) is 24.3 Å². The monoisotopic (exact) mass is 501 g/mol. The van der Waals surface area contributed by atoms with E-state index in [2.05, 4.69) is 21.3 Å². The fourth-order valence-corrected chi connectivity index (χ4v) is 6.21. The zero-order valence-corrected chi connectivity index (χ0v) is 21.5. The van der Waals surface area contributed by atoms with Crippen molar-refractivity contribution in [3.8, 4) is 11.6 Å². The number of nitrogens with zero attached hydrogens (tertiary/aromatic N) is 5. The van der Waals surface area contributed by atoms with Crippen molar-refractivity contribution in [1.29, 1.82) is 0 Å². The van der Waals surface area contributed by atoms with Crippen molar-refractivity contribution < 1.29 is 14.3 Å². The molecule has 4 aliphatic rings. The Morgan fingerprint density at radius 2 is 1.86 bits per heavy atom. The molecule has 194 valence electrons. The molecule has 1 atom stereocenters. The number of ether oxygens (including phenoxy) is 2. The Bertz CT molecular complexity index is 1280. The number of aromatic nitrogens is 2. The Labute approximate surface area is 217 Å². The number of likely N-dealkylation sites (tertiary alicyclic amines) is 3. The van der Waals surface area contributed by atoms with Gasteiger partial charge in [-0.05, 0) is 62.6 Å². The average Bonchev–Trinajstić information content (AvgIpc) is 3.25. The van der Waals surface area contributed by atoms with E-state index in [-0.39, 0.29) is 12.0 Å². The third-order valence-electron chi connectivity index (χ3n) is 8.78. The second-order valence-electron chi connectivity index (χ2n) is 11.3. The highest BCUT2D eigenvalue weighted by molar-refractivity contribution is 5.98. The first-order chi connectivity index (χ1) is 18.1. The molecule has 1 aromatic carbocycles. The maximum atomic E-state index is 12.6. The number of hydrogen-bond acceptors (Lipinski definition) is 6. The Balaban J connectivity index is 0.950. The van der Waals surface area contributed by atoms with E-state index in [9.17, 15) is 4.79 Å². The molecule has 0 aliphatic carbocycles. The molecule has 0 bridgehead atoms. The number of pyridine rings is 1. The Morgan fingerprint density at radius 3 is 2.51 bits per heavy atom. The zero-order chi connectivity index (χ0) is 25.0. The fraction of sp³-hybridized carbons (Fsp3) is 0.517. The van der Waals surface area contributed by atoms with Crippen LogP contribution in [0.5, 0.6) is 5.75 Å². The van der Waals surface area contributed by atoms with Crippen molar-refractivity contribution in [2.75, 3.05) is 52.5 Å². The molecule has 0 N–H and O–H groups in total. The number of piperidine rings is 1. The van der Waals surface area contributed by atoms with E-state index in [4.69, 9.17) is 14.5 Å². The summed E-state index contributed by atoms with van der Waals surface area (Å²) >= 11 is 0. The first kappa shape index (κ1) is 23.2. The van der Waals surface area contributed by atoms with Crippen LogP contribution >= 0.6 is 0 Å². The SMILES string of the molecule is CC(N1CCC(Oc2ccc(-n3ccc4cc(C(=O)N5CCC5)ccc43)nc2)CC1)N1CC2(COC2)C1. The van der Waals surface area contributed by atoms with E-state index in [0.29, 0.717) is 11.6 Å². The summed E-state index contributed by atoms with van der Waals surface area (Å²) < 4.78 is 13.8. The Hall–Kier alpha value is -2.94. The molecular formula is C29H35N5O3. The molecule has 0 saturated carbocycles. The molecular weight excluding hydrogens is 466 g/mol. The zero-order valence-electron chi connectivity index (χ0n) is 21.5. The maximum Gasteiger partial charge on any atom is 0.253 e. The molecule has 8 nitrogen and oxygen atoms in total. The number of benzene rings is 1. The van der Waals surface area contributed by atoms with E-state index in [1.165, 1.54) is 13.1 Å². The van der Waals surface area contributed by atoms with Gasteiger partial charge in [0.25, 0.3) is 5.91 Å². The molecule has 7 rings (SSSR count). The number of carbonyl (C=O) groups excluding carboxylic acids is 1. The molecule has 1 spiro atoms. The molecule has 0 radical (unpaired) electrons. The van der Waals surface area contributed by atoms with Gasteiger partial charge < -0.3 is 18.9 Å². The number of hydrogen-bond donors (Lipinski definition) is 0. The minimum Gasteiger partial charge on any atom is -0.489 e. The van der Waals surface area contributed by atoms with Gasteiger partial charge in [-0.1, -0.05) is 0 Å². The van der Waals surface area contributed by atoms with Gasteiger partial charge in [0.2, 0.25) is 0 Å². The molecule has 1 amide bonds. The fourth-order valence-electron chi connectivity index (χ4n) is 6.21. The lowest BCUT2D eigenvalue weighted by atomic mass is 9.77. The quantitative estimate of drug-likeness (QED) is 0.516. The van der Waals surface area contributed by atoms with Crippen LogP contribution in [-0.4, -0.2) is 94.9 Å². The van der Waals surface area contributed by atoms with Crippen LogP contribution in [0.1, 0.15) is 36.5 Å². The predicted octanol–water partition coefficient (Wildman–Crippen LogP) is 3.39. The highest BCUT2D eigenvalue weighted by Crippen LogP contribution is 2.39. The lowest BCUT2D eigenvalue weighted by molar-refractivity contribution is -0.211. The van der Waals surface area contributed by atoms with Crippen LogP contribution in [0, 0.1) is 5.41 Å². The van der Waals surface area contributed by atoms with Gasteiger partial charge in [-0.25, -0.2) is 4.98 Å². The highest BCUT2D eigenvalue weighted by Gasteiger charge is 2.50. The third-order valence-corrected chi connectivity index (χ3v) is 8.78. The van der Waals surface area contributed by atoms with E-state index in [1.807, 2.05) is 53.7 Å². The normalized spacial score (nSPS) is 22.9. The van der Waals surface area contributed by atoms with Gasteiger partial charge >= 0.3 is 0 Å². The lowest BCUT2D eigenvalue weighted by Crippen LogP contribution is -2.70. The van der Waals surface area contributed by atoms with Gasteiger partial charge in [-0.2, -0.15) is 0 Å². The van der Waals surface area contributed by atoms with E-state index < -0.39 is 0 Å². The molecule has 2 aromatic heterocycles. The van der Waals surface area contributed by atoms with Crippen LogP contribution in [0.3, 0.4) is 0 Å².